The molecule has 3 rings (SSSR count). The molecular formula is C23H23FeNO. The summed E-state index contributed by atoms with van der Waals surface area (Å²) in [4.78, 5) is 13.8. The molecular weight excluding hydrogens is 362 g/mol. The van der Waals surface area contributed by atoms with Gasteiger partial charge in [0.2, 0.25) is 0 Å². The molecule has 0 heterocycles. The van der Waals surface area contributed by atoms with Gasteiger partial charge in [-0.05, 0) is 81.6 Å². The maximum atomic E-state index is 11.7. The molecule has 134 valence electrons. The van der Waals surface area contributed by atoms with Crippen molar-refractivity contribution in [2.24, 2.45) is 0 Å². The Morgan fingerprint density at radius 3 is 1.85 bits per heavy atom. The number of benzene rings is 1. The first-order valence-corrected chi connectivity index (χ1v) is 8.21. The van der Waals surface area contributed by atoms with Crippen molar-refractivity contribution in [1.82, 2.24) is 0 Å². The number of carbonyl (C=O) groups excluding carboxylic acids is 1. The summed E-state index contributed by atoms with van der Waals surface area (Å²) in [6.45, 7) is 0. The molecule has 0 atom stereocenters. The van der Waals surface area contributed by atoms with Gasteiger partial charge in [-0.15, -0.1) is 0 Å². The summed E-state index contributed by atoms with van der Waals surface area (Å²) in [6.07, 6.45) is 24.6. The molecule has 0 bridgehead atoms. The normalized spacial score (nSPS) is 17.2. The van der Waals surface area contributed by atoms with E-state index in [4.69, 9.17) is 0 Å². The first-order valence-electron chi connectivity index (χ1n) is 8.21. The summed E-state index contributed by atoms with van der Waals surface area (Å²) in [5.41, 5.74) is 2.28. The van der Waals surface area contributed by atoms with Crippen molar-refractivity contribution in [3.63, 3.8) is 0 Å². The molecule has 2 saturated carbocycles. The van der Waals surface area contributed by atoms with Crippen molar-refractivity contribution in [3.05, 3.63) is 112 Å². The van der Waals surface area contributed by atoms with E-state index in [0.717, 1.165) is 11.5 Å². The fraction of sp³-hybridized carbons (Fsp3) is 0.0870. The Hall–Kier alpha value is -1.31. The first-order chi connectivity index (χ1) is 12.2. The zero-order chi connectivity index (χ0) is 17.9. The van der Waals surface area contributed by atoms with Crippen LogP contribution in [-0.2, 0) is 21.9 Å². The van der Waals surface area contributed by atoms with Gasteiger partial charge in [-0.25, -0.2) is 0 Å². The van der Waals surface area contributed by atoms with Crippen molar-refractivity contribution >= 4 is 17.5 Å². The molecule has 2 fully saturated rings. The second kappa shape index (κ2) is 12.9. The number of anilines is 1. The third kappa shape index (κ3) is 8.38. The predicted octanol–water partition coefficient (Wildman–Crippen LogP) is 4.32. The van der Waals surface area contributed by atoms with Gasteiger partial charge in [-0.2, -0.15) is 0 Å². The third-order valence-corrected chi connectivity index (χ3v) is 3.56. The molecule has 2 aliphatic carbocycles. The van der Waals surface area contributed by atoms with Crippen LogP contribution in [0.1, 0.15) is 5.56 Å². The van der Waals surface area contributed by atoms with Crippen LogP contribution < -0.4 is 4.90 Å². The van der Waals surface area contributed by atoms with Crippen molar-refractivity contribution in [2.75, 3.05) is 19.0 Å². The molecule has 1 aromatic rings. The largest absolute Gasteiger partial charge is 0.378 e. The van der Waals surface area contributed by atoms with E-state index in [0.29, 0.717) is 0 Å². The topological polar surface area (TPSA) is 20.3 Å². The molecule has 0 saturated heterocycles. The maximum absolute atomic E-state index is 11.7. The smallest absolute Gasteiger partial charge is 0.163 e. The van der Waals surface area contributed by atoms with E-state index in [1.165, 1.54) is 5.69 Å². The Kier molecular flexibility index (Phi) is 11.3. The van der Waals surface area contributed by atoms with Gasteiger partial charge in [0, 0.05) is 36.9 Å². The minimum Gasteiger partial charge on any atom is -0.378 e. The molecule has 0 aliphatic heterocycles. The summed E-state index contributed by atoms with van der Waals surface area (Å²) in [6, 6.07) is 8.24. The van der Waals surface area contributed by atoms with Gasteiger partial charge in [0.25, 0.3) is 0 Å². The summed E-state index contributed by atoms with van der Waals surface area (Å²) in [7, 11) is 4.03. The van der Waals surface area contributed by atoms with Gasteiger partial charge in [0.05, 0.1) is 5.92 Å². The molecule has 0 aromatic heterocycles. The first kappa shape index (κ1) is 22.7. The molecule has 26 heavy (non-hydrogen) atoms. The van der Waals surface area contributed by atoms with Crippen LogP contribution in [0.3, 0.4) is 0 Å². The van der Waals surface area contributed by atoms with Crippen LogP contribution in [0, 0.1) is 63.7 Å². The Labute approximate surface area is 170 Å². The predicted molar refractivity (Wildman–Crippen MR) is 106 cm³/mol. The van der Waals surface area contributed by atoms with E-state index >= 15 is 0 Å². The van der Waals surface area contributed by atoms with Crippen LogP contribution in [0.5, 0.6) is 0 Å². The maximum Gasteiger partial charge on any atom is 0.163 e. The van der Waals surface area contributed by atoms with E-state index in [-0.39, 0.29) is 22.9 Å². The average molecular weight is 385 g/mol. The third-order valence-electron chi connectivity index (χ3n) is 3.56. The van der Waals surface area contributed by atoms with Crippen molar-refractivity contribution in [2.45, 2.75) is 0 Å². The number of ketones is 1. The van der Waals surface area contributed by atoms with E-state index in [1.54, 1.807) is 12.2 Å². The summed E-state index contributed by atoms with van der Waals surface area (Å²) < 4.78 is 0. The van der Waals surface area contributed by atoms with Gasteiger partial charge in [-0.3, -0.25) is 4.79 Å². The fourth-order valence-corrected chi connectivity index (χ4v) is 2.15. The molecule has 2 nitrogen and oxygen atoms in total. The Bertz CT molecular complexity index is 557. The van der Waals surface area contributed by atoms with Crippen LogP contribution in [0.4, 0.5) is 5.69 Å². The standard InChI is InChI=1S/C18H18NO.C5H5.Fe/c1-19(2)17-13-11-15(12-14-17)7-3-6-10-18(20)16-8-4-5-9-16;1-2-4-5-3-1;/h3-14H,1-2H3;1-5H;/b7-3+,10-6+;;. The molecule has 1 aromatic carbocycles. The molecule has 0 N–H and O–H groups in total. The van der Waals surface area contributed by atoms with E-state index in [9.17, 15) is 4.79 Å². The molecule has 0 spiro atoms. The Balaban J connectivity index is 0.000000486. The van der Waals surface area contributed by atoms with Crippen LogP contribution >= 0.6 is 0 Å². The molecule has 0 unspecified atom stereocenters. The van der Waals surface area contributed by atoms with E-state index in [1.807, 2.05) is 84.0 Å². The number of carbonyl (C=O) groups is 1. The molecule has 10 radical (unpaired) electrons. The van der Waals surface area contributed by atoms with Gasteiger partial charge >= 0.3 is 0 Å². The number of nitrogens with zero attached hydrogens (tertiary/aromatic N) is 1. The molecule has 3 heteroatoms. The van der Waals surface area contributed by atoms with Crippen molar-refractivity contribution < 1.29 is 21.9 Å². The second-order valence-corrected chi connectivity index (χ2v) is 5.70. The van der Waals surface area contributed by atoms with Crippen molar-refractivity contribution in [3.8, 4) is 0 Å². The fourth-order valence-electron chi connectivity index (χ4n) is 2.15. The SMILES string of the molecule is CN(C)c1ccc(/C=C/C=C/C(=O)[C]2[CH][CH][CH][CH]2)cc1.[CH]1[CH][CH][CH][CH]1.[Fe]. The minimum atomic E-state index is 0. The zero-order valence-corrected chi connectivity index (χ0v) is 16.1. The van der Waals surface area contributed by atoms with Crippen LogP contribution in [0.15, 0.2) is 42.5 Å². The number of hydrogen-bond donors (Lipinski definition) is 0. The molecule has 2 aliphatic rings. The van der Waals surface area contributed by atoms with Gasteiger partial charge in [-0.1, -0.05) is 30.4 Å². The number of hydrogen-bond acceptors (Lipinski definition) is 2. The van der Waals surface area contributed by atoms with Crippen molar-refractivity contribution in [1.29, 1.82) is 0 Å². The molecule has 0 amide bonds. The van der Waals surface area contributed by atoms with Gasteiger partial charge in [0.15, 0.2) is 5.78 Å². The second-order valence-electron chi connectivity index (χ2n) is 5.70. The quantitative estimate of drug-likeness (QED) is 0.428. The summed E-state index contributed by atoms with van der Waals surface area (Å²) in [5.74, 6) is 0.757. The van der Waals surface area contributed by atoms with E-state index in [2.05, 4.69) is 29.2 Å². The van der Waals surface area contributed by atoms with Gasteiger partial charge in [0.1, 0.15) is 0 Å². The Morgan fingerprint density at radius 2 is 1.35 bits per heavy atom. The zero-order valence-electron chi connectivity index (χ0n) is 15.0. The average Bonchev–Trinajstić information content (AvgIpc) is 3.35. The monoisotopic (exact) mass is 385 g/mol. The number of rotatable bonds is 5. The summed E-state index contributed by atoms with van der Waals surface area (Å²) >= 11 is 0. The van der Waals surface area contributed by atoms with Crippen LogP contribution in [0.25, 0.3) is 6.08 Å². The van der Waals surface area contributed by atoms with Crippen LogP contribution in [0.2, 0.25) is 0 Å². The van der Waals surface area contributed by atoms with Gasteiger partial charge < -0.3 is 4.90 Å². The number of allylic oxidation sites excluding steroid dienone is 3. The Morgan fingerprint density at radius 1 is 0.808 bits per heavy atom. The minimum absolute atomic E-state index is 0. The summed E-state index contributed by atoms with van der Waals surface area (Å²) in [5, 5.41) is 0. The van der Waals surface area contributed by atoms with Crippen LogP contribution in [-0.4, -0.2) is 19.9 Å². The van der Waals surface area contributed by atoms with E-state index < -0.39 is 0 Å².